The van der Waals surface area contributed by atoms with Crippen LogP contribution in [0.3, 0.4) is 0 Å². The topological polar surface area (TPSA) is 75.4 Å². The molecule has 144 valence electrons. The summed E-state index contributed by atoms with van der Waals surface area (Å²) >= 11 is 5.19. The van der Waals surface area contributed by atoms with E-state index in [0.29, 0.717) is 6.07 Å². The molecule has 0 aromatic heterocycles. The normalized spacial score (nSPS) is 14.9. The maximum Gasteiger partial charge on any atom is 0.423 e. The molecule has 0 aliphatic carbocycles. The first kappa shape index (κ1) is 20.8. The van der Waals surface area contributed by atoms with Crippen molar-refractivity contribution in [2.75, 3.05) is 5.32 Å². The van der Waals surface area contributed by atoms with E-state index in [-0.39, 0.29) is 10.7 Å². The van der Waals surface area contributed by atoms with E-state index in [4.69, 9.17) is 12.2 Å². The standard InChI is InChI=1S/C18H17F3N2O3S/c1-11(12-6-4-3-5-7-12)17(2,24)16(27)22-13-8-9-15(23(25)26)14(10-13)18(19,20)21/h3-11,24H,1-2H3,(H,22,27)/t11-,17-/m0/s1. The second-order valence-electron chi connectivity index (χ2n) is 6.22. The van der Waals surface area contributed by atoms with Gasteiger partial charge in [0.2, 0.25) is 0 Å². The van der Waals surface area contributed by atoms with Crippen molar-refractivity contribution < 1.29 is 23.2 Å². The van der Waals surface area contributed by atoms with Crippen LogP contribution in [0, 0.1) is 10.1 Å². The van der Waals surface area contributed by atoms with Crippen LogP contribution in [0.25, 0.3) is 0 Å². The molecule has 27 heavy (non-hydrogen) atoms. The fourth-order valence-corrected chi connectivity index (χ4v) is 2.82. The Hall–Kier alpha value is -2.52. The van der Waals surface area contributed by atoms with Crippen LogP contribution < -0.4 is 5.32 Å². The van der Waals surface area contributed by atoms with E-state index in [1.807, 2.05) is 6.07 Å². The number of aliphatic hydroxyl groups is 1. The fraction of sp³-hybridized carbons (Fsp3) is 0.278. The van der Waals surface area contributed by atoms with E-state index >= 15 is 0 Å². The van der Waals surface area contributed by atoms with Crippen LogP contribution in [-0.4, -0.2) is 20.6 Å². The smallest absolute Gasteiger partial charge is 0.382 e. The largest absolute Gasteiger partial charge is 0.423 e. The minimum atomic E-state index is -4.90. The van der Waals surface area contributed by atoms with Crippen molar-refractivity contribution >= 4 is 28.6 Å². The lowest BCUT2D eigenvalue weighted by Gasteiger charge is -2.32. The zero-order valence-electron chi connectivity index (χ0n) is 14.4. The fourth-order valence-electron chi connectivity index (χ4n) is 2.52. The van der Waals surface area contributed by atoms with Gasteiger partial charge in [-0.3, -0.25) is 10.1 Å². The molecule has 2 atom stereocenters. The molecule has 0 aliphatic heterocycles. The first-order chi connectivity index (χ1) is 12.4. The monoisotopic (exact) mass is 398 g/mol. The third kappa shape index (κ3) is 4.61. The van der Waals surface area contributed by atoms with Crippen molar-refractivity contribution in [2.24, 2.45) is 0 Å². The highest BCUT2D eigenvalue weighted by Crippen LogP contribution is 2.38. The number of nitro groups is 1. The number of alkyl halides is 3. The molecule has 2 aromatic rings. The van der Waals surface area contributed by atoms with Crippen molar-refractivity contribution in [3.8, 4) is 0 Å². The van der Waals surface area contributed by atoms with Crippen LogP contribution in [0.1, 0.15) is 30.9 Å². The van der Waals surface area contributed by atoms with Crippen LogP contribution in [0.5, 0.6) is 0 Å². The average Bonchev–Trinajstić information content (AvgIpc) is 2.60. The van der Waals surface area contributed by atoms with Crippen molar-refractivity contribution in [2.45, 2.75) is 31.5 Å². The molecular weight excluding hydrogens is 381 g/mol. The summed E-state index contributed by atoms with van der Waals surface area (Å²) in [5.41, 5.74) is -3.30. The Morgan fingerprint density at radius 3 is 2.33 bits per heavy atom. The highest BCUT2D eigenvalue weighted by atomic mass is 32.1. The number of thiocarbonyl (C=S) groups is 1. The molecule has 0 saturated carbocycles. The predicted molar refractivity (Wildman–Crippen MR) is 99.8 cm³/mol. The number of benzene rings is 2. The second kappa shape index (κ2) is 7.61. The number of rotatable bonds is 5. The van der Waals surface area contributed by atoms with E-state index in [1.165, 1.54) is 6.92 Å². The van der Waals surface area contributed by atoms with Crippen LogP contribution in [0.2, 0.25) is 0 Å². The number of anilines is 1. The molecular formula is C18H17F3N2O3S. The summed E-state index contributed by atoms with van der Waals surface area (Å²) in [6.07, 6.45) is -4.90. The van der Waals surface area contributed by atoms with Gasteiger partial charge in [0.15, 0.2) is 0 Å². The van der Waals surface area contributed by atoms with E-state index in [2.05, 4.69) is 5.32 Å². The zero-order chi connectivity index (χ0) is 20.4. The Morgan fingerprint density at radius 2 is 1.81 bits per heavy atom. The molecule has 0 unspecified atom stereocenters. The SMILES string of the molecule is C[C@@H](c1ccccc1)[C@](C)(O)C(=S)Nc1ccc([N+](=O)[O-])c(C(F)(F)F)c1. The summed E-state index contributed by atoms with van der Waals surface area (Å²) < 4.78 is 39.3. The minimum Gasteiger partial charge on any atom is -0.382 e. The minimum absolute atomic E-state index is 0.0965. The summed E-state index contributed by atoms with van der Waals surface area (Å²) in [5.74, 6) is -0.446. The number of hydrogen-bond acceptors (Lipinski definition) is 4. The van der Waals surface area contributed by atoms with Gasteiger partial charge in [-0.15, -0.1) is 0 Å². The maximum absolute atomic E-state index is 13.1. The van der Waals surface area contributed by atoms with Gasteiger partial charge in [0.25, 0.3) is 5.69 Å². The highest BCUT2D eigenvalue weighted by Gasteiger charge is 2.39. The van der Waals surface area contributed by atoms with Crippen LogP contribution in [-0.2, 0) is 6.18 Å². The van der Waals surface area contributed by atoms with E-state index < -0.39 is 33.9 Å². The summed E-state index contributed by atoms with van der Waals surface area (Å²) in [5, 5.41) is 24.2. The molecule has 2 rings (SSSR count). The number of nitrogens with one attached hydrogen (secondary N) is 1. The Balaban J connectivity index is 2.30. The van der Waals surface area contributed by atoms with Gasteiger partial charge in [0.05, 0.1) is 4.92 Å². The zero-order valence-corrected chi connectivity index (χ0v) is 15.3. The van der Waals surface area contributed by atoms with Crippen molar-refractivity contribution in [3.05, 3.63) is 69.8 Å². The van der Waals surface area contributed by atoms with E-state index in [0.717, 1.165) is 17.7 Å². The van der Waals surface area contributed by atoms with E-state index in [1.54, 1.807) is 31.2 Å². The van der Waals surface area contributed by atoms with Crippen LogP contribution >= 0.6 is 12.2 Å². The van der Waals surface area contributed by atoms with Gasteiger partial charge in [-0.05, 0) is 24.6 Å². The summed E-state index contributed by atoms with van der Waals surface area (Å²) in [7, 11) is 0. The van der Waals surface area contributed by atoms with Crippen molar-refractivity contribution in [1.82, 2.24) is 0 Å². The number of hydrogen-bond donors (Lipinski definition) is 2. The van der Waals surface area contributed by atoms with Crippen molar-refractivity contribution in [1.29, 1.82) is 0 Å². The second-order valence-corrected chi connectivity index (χ2v) is 6.63. The lowest BCUT2D eigenvalue weighted by atomic mass is 9.84. The van der Waals surface area contributed by atoms with Crippen LogP contribution in [0.15, 0.2) is 48.5 Å². The molecule has 5 nitrogen and oxygen atoms in total. The Bertz CT molecular complexity index is 855. The summed E-state index contributed by atoms with van der Waals surface area (Å²) in [6.45, 7) is 3.19. The van der Waals surface area contributed by atoms with Gasteiger partial charge in [0.1, 0.15) is 16.2 Å². The van der Waals surface area contributed by atoms with Crippen molar-refractivity contribution in [3.63, 3.8) is 0 Å². The number of nitro benzene ring substituents is 1. The van der Waals surface area contributed by atoms with Gasteiger partial charge in [-0.1, -0.05) is 49.5 Å². The molecule has 9 heteroatoms. The molecule has 0 amide bonds. The molecule has 0 aliphatic rings. The quantitative estimate of drug-likeness (QED) is 0.425. The molecule has 0 saturated heterocycles. The van der Waals surface area contributed by atoms with Gasteiger partial charge in [-0.2, -0.15) is 13.2 Å². The summed E-state index contributed by atoms with van der Waals surface area (Å²) in [4.78, 5) is 9.63. The van der Waals surface area contributed by atoms with E-state index in [9.17, 15) is 28.4 Å². The van der Waals surface area contributed by atoms with Gasteiger partial charge < -0.3 is 10.4 Å². The Labute approximate surface area is 159 Å². The number of halogens is 3. The number of nitrogens with zero attached hydrogens (tertiary/aromatic N) is 1. The highest BCUT2D eigenvalue weighted by molar-refractivity contribution is 7.80. The molecule has 0 radical (unpaired) electrons. The summed E-state index contributed by atoms with van der Waals surface area (Å²) in [6, 6.07) is 11.5. The third-order valence-corrected chi connectivity index (χ3v) is 4.87. The lowest BCUT2D eigenvalue weighted by Crippen LogP contribution is -2.43. The van der Waals surface area contributed by atoms with Gasteiger partial charge in [0, 0.05) is 17.7 Å². The Kier molecular flexibility index (Phi) is 5.86. The molecule has 0 heterocycles. The first-order valence-electron chi connectivity index (χ1n) is 7.89. The van der Waals surface area contributed by atoms with Gasteiger partial charge >= 0.3 is 6.18 Å². The maximum atomic E-state index is 13.1. The van der Waals surface area contributed by atoms with Crippen LogP contribution in [0.4, 0.5) is 24.5 Å². The lowest BCUT2D eigenvalue weighted by molar-refractivity contribution is -0.388. The molecule has 0 bridgehead atoms. The molecule has 2 aromatic carbocycles. The molecule has 0 fully saturated rings. The third-order valence-electron chi connectivity index (χ3n) is 4.36. The molecule has 0 spiro atoms. The van der Waals surface area contributed by atoms with Gasteiger partial charge in [-0.25, -0.2) is 0 Å². The predicted octanol–water partition coefficient (Wildman–Crippen LogP) is 4.91. The molecule has 2 N–H and O–H groups in total. The first-order valence-corrected chi connectivity index (χ1v) is 8.30. The Morgan fingerprint density at radius 1 is 1.22 bits per heavy atom. The average molecular weight is 398 g/mol.